The number of rotatable bonds is 5. The summed E-state index contributed by atoms with van der Waals surface area (Å²) in [5.41, 5.74) is 21.2. The first kappa shape index (κ1) is 40.3. The summed E-state index contributed by atoms with van der Waals surface area (Å²) in [4.78, 5) is 9.36. The Labute approximate surface area is 380 Å². The summed E-state index contributed by atoms with van der Waals surface area (Å²) >= 11 is 2.11. The smallest absolute Gasteiger partial charge is 0.264 e. The summed E-state index contributed by atoms with van der Waals surface area (Å²) in [5.74, 6) is 0. The molecule has 7 aromatic rings. The van der Waals surface area contributed by atoms with Crippen LogP contribution in [0.4, 0.5) is 51.2 Å². The lowest BCUT2D eigenvalue weighted by molar-refractivity contribution is 0.332. The molecule has 11 rings (SSSR count). The molecule has 2 aliphatic heterocycles. The molecule has 2 aliphatic carbocycles. The van der Waals surface area contributed by atoms with Crippen LogP contribution in [-0.4, -0.2) is 6.71 Å². The number of fused-ring (bicyclic) bond motifs is 7. The topological polar surface area (TPSA) is 9.72 Å². The molecule has 0 spiro atoms. The molecule has 0 unspecified atom stereocenters. The molecule has 0 saturated heterocycles. The standard InChI is InChI=1S/C58H60BN3S/c1-37-21-24-41(25-22-37)61-47-28-23-38(2)33-46(47)59-51-48(61)35-43(60(39-17-13-11-14-18-39)40-19-15-12-16-20-40)36-49(51)62(42-26-27-44-45(34-42)56(5,6)30-29-55(44,3)4)52-50-53(63-54(52)59)58(9,10)32-31-57(50,7)8/h11-28,33-36H,29-32H2,1-10H3. The predicted molar refractivity (Wildman–Crippen MR) is 273 cm³/mol. The zero-order valence-corrected chi connectivity index (χ0v) is 39.7. The molecular formula is C58H60BN3S. The predicted octanol–water partition coefficient (Wildman–Crippen LogP) is 14.6. The Morgan fingerprint density at radius 2 is 1.05 bits per heavy atom. The van der Waals surface area contributed by atoms with Gasteiger partial charge in [0.2, 0.25) is 0 Å². The maximum absolute atomic E-state index is 2.76. The van der Waals surface area contributed by atoms with Gasteiger partial charge in [0, 0.05) is 49.5 Å². The number of aryl methyl sites for hydroxylation is 2. The molecule has 0 atom stereocenters. The van der Waals surface area contributed by atoms with Crippen molar-refractivity contribution in [2.75, 3.05) is 14.7 Å². The zero-order chi connectivity index (χ0) is 43.8. The van der Waals surface area contributed by atoms with Gasteiger partial charge in [-0.05, 0) is 156 Å². The molecule has 3 heterocycles. The van der Waals surface area contributed by atoms with Gasteiger partial charge in [0.25, 0.3) is 6.71 Å². The van der Waals surface area contributed by atoms with Crippen LogP contribution in [0.25, 0.3) is 0 Å². The Balaban J connectivity index is 1.31. The Bertz CT molecular complexity index is 2900. The SMILES string of the molecule is Cc1ccc(N2c3ccc(C)cc3B3c4sc5c(c4N(c4ccc6c(c4)C(C)(C)CCC6(C)C)c4cc(N(c6ccccc6)c6ccccc6)cc2c43)C(C)(C)CCC5(C)C)cc1. The molecule has 316 valence electrons. The van der Waals surface area contributed by atoms with E-state index in [9.17, 15) is 0 Å². The van der Waals surface area contributed by atoms with Gasteiger partial charge in [-0.2, -0.15) is 11.3 Å². The van der Waals surface area contributed by atoms with Crippen LogP contribution in [-0.2, 0) is 21.7 Å². The quantitative estimate of drug-likeness (QED) is 0.160. The number of nitrogens with zero attached hydrogens (tertiary/aromatic N) is 3. The van der Waals surface area contributed by atoms with Crippen molar-refractivity contribution in [1.82, 2.24) is 0 Å². The average molecular weight is 842 g/mol. The zero-order valence-electron chi connectivity index (χ0n) is 38.9. The number of benzene rings is 6. The largest absolute Gasteiger partial charge is 0.311 e. The van der Waals surface area contributed by atoms with Crippen LogP contribution >= 0.6 is 11.3 Å². The molecule has 0 radical (unpaired) electrons. The molecule has 0 amide bonds. The molecule has 4 aliphatic rings. The van der Waals surface area contributed by atoms with E-state index < -0.39 is 0 Å². The maximum Gasteiger partial charge on any atom is 0.264 e. The highest BCUT2D eigenvalue weighted by molar-refractivity contribution is 7.29. The van der Waals surface area contributed by atoms with Crippen molar-refractivity contribution in [3.05, 3.63) is 166 Å². The second kappa shape index (κ2) is 14.0. The molecule has 0 saturated carbocycles. The molecule has 5 heteroatoms. The fourth-order valence-electron chi connectivity index (χ4n) is 11.6. The fourth-order valence-corrected chi connectivity index (χ4v) is 13.3. The number of hydrogen-bond acceptors (Lipinski definition) is 4. The van der Waals surface area contributed by atoms with Crippen molar-refractivity contribution >= 4 is 84.9 Å². The molecular weight excluding hydrogens is 782 g/mol. The summed E-state index contributed by atoms with van der Waals surface area (Å²) in [6.45, 7) is 24.4. The maximum atomic E-state index is 2.76. The van der Waals surface area contributed by atoms with Crippen LogP contribution in [0.3, 0.4) is 0 Å². The summed E-state index contributed by atoms with van der Waals surface area (Å²) in [5, 5.41) is 0. The fraction of sp³-hybridized carbons (Fsp3) is 0.310. The Morgan fingerprint density at radius 3 is 1.70 bits per heavy atom. The van der Waals surface area contributed by atoms with Crippen molar-refractivity contribution in [3.8, 4) is 0 Å². The molecule has 6 aromatic carbocycles. The molecule has 3 nitrogen and oxygen atoms in total. The van der Waals surface area contributed by atoms with Gasteiger partial charge in [-0.15, -0.1) is 0 Å². The number of hydrogen-bond donors (Lipinski definition) is 0. The first-order valence-electron chi connectivity index (χ1n) is 23.2. The Morgan fingerprint density at radius 1 is 0.492 bits per heavy atom. The number of anilines is 9. The van der Waals surface area contributed by atoms with E-state index in [1.165, 1.54) is 91.3 Å². The monoisotopic (exact) mass is 841 g/mol. The van der Waals surface area contributed by atoms with Crippen molar-refractivity contribution in [2.45, 2.75) is 117 Å². The van der Waals surface area contributed by atoms with E-state index in [4.69, 9.17) is 0 Å². The van der Waals surface area contributed by atoms with Crippen molar-refractivity contribution < 1.29 is 0 Å². The lowest BCUT2D eigenvalue weighted by Crippen LogP contribution is -2.60. The minimum atomic E-state index is -0.00124. The second-order valence-electron chi connectivity index (χ2n) is 21.7. The van der Waals surface area contributed by atoms with Gasteiger partial charge in [0.05, 0.1) is 11.4 Å². The van der Waals surface area contributed by atoms with Crippen molar-refractivity contribution in [2.24, 2.45) is 0 Å². The summed E-state index contributed by atoms with van der Waals surface area (Å²) < 4.78 is 1.49. The average Bonchev–Trinajstić information content (AvgIpc) is 3.68. The summed E-state index contributed by atoms with van der Waals surface area (Å²) in [6, 6.07) is 50.9. The van der Waals surface area contributed by atoms with Crippen LogP contribution in [0.2, 0.25) is 0 Å². The Kier molecular flexibility index (Phi) is 8.94. The summed E-state index contributed by atoms with van der Waals surface area (Å²) in [7, 11) is 0. The van der Waals surface area contributed by atoms with Gasteiger partial charge in [-0.3, -0.25) is 0 Å². The molecule has 63 heavy (non-hydrogen) atoms. The first-order chi connectivity index (χ1) is 30.0. The first-order valence-corrected chi connectivity index (χ1v) is 24.0. The van der Waals surface area contributed by atoms with E-state index in [1.54, 1.807) is 10.4 Å². The van der Waals surface area contributed by atoms with Crippen LogP contribution in [0.1, 0.15) is 114 Å². The number of thiophene rings is 1. The highest BCUT2D eigenvalue weighted by Crippen LogP contribution is 2.58. The van der Waals surface area contributed by atoms with E-state index in [1.807, 2.05) is 0 Å². The van der Waals surface area contributed by atoms with Gasteiger partial charge in [0.1, 0.15) is 0 Å². The van der Waals surface area contributed by atoms with Crippen LogP contribution < -0.4 is 30.4 Å². The lowest BCUT2D eigenvalue weighted by Gasteiger charge is -2.47. The molecule has 0 N–H and O–H groups in total. The van der Waals surface area contributed by atoms with E-state index >= 15 is 0 Å². The highest BCUT2D eigenvalue weighted by Gasteiger charge is 2.51. The van der Waals surface area contributed by atoms with Gasteiger partial charge in [-0.1, -0.05) is 133 Å². The van der Waals surface area contributed by atoms with Crippen molar-refractivity contribution in [1.29, 1.82) is 0 Å². The third-order valence-corrected chi connectivity index (χ3v) is 17.0. The lowest BCUT2D eigenvalue weighted by atomic mass is 9.36. The van der Waals surface area contributed by atoms with E-state index in [-0.39, 0.29) is 28.4 Å². The minimum Gasteiger partial charge on any atom is -0.311 e. The number of para-hydroxylation sites is 2. The molecule has 1 aromatic heterocycles. The van der Waals surface area contributed by atoms with E-state index in [0.717, 1.165) is 23.5 Å². The molecule has 0 bridgehead atoms. The van der Waals surface area contributed by atoms with Crippen LogP contribution in [0.5, 0.6) is 0 Å². The van der Waals surface area contributed by atoms with Crippen LogP contribution in [0, 0.1) is 13.8 Å². The van der Waals surface area contributed by atoms with E-state index in [2.05, 4.69) is 229 Å². The van der Waals surface area contributed by atoms with Gasteiger partial charge < -0.3 is 14.7 Å². The third kappa shape index (κ3) is 6.20. The second-order valence-corrected chi connectivity index (χ2v) is 22.7. The molecule has 0 fully saturated rings. The minimum absolute atomic E-state index is 0.00124. The Hall–Kier alpha value is -5.52. The normalized spacial score (nSPS) is 18.2. The third-order valence-electron chi connectivity index (χ3n) is 15.4. The van der Waals surface area contributed by atoms with Gasteiger partial charge in [0.15, 0.2) is 0 Å². The van der Waals surface area contributed by atoms with Crippen molar-refractivity contribution in [3.63, 3.8) is 0 Å². The summed E-state index contributed by atoms with van der Waals surface area (Å²) in [6.07, 6.45) is 4.71. The van der Waals surface area contributed by atoms with Gasteiger partial charge in [-0.25, -0.2) is 0 Å². The van der Waals surface area contributed by atoms with Gasteiger partial charge >= 0.3 is 0 Å². The highest BCUT2D eigenvalue weighted by atomic mass is 32.1. The van der Waals surface area contributed by atoms with Crippen LogP contribution in [0.15, 0.2) is 133 Å². The van der Waals surface area contributed by atoms with E-state index in [0.29, 0.717) is 0 Å².